The van der Waals surface area contributed by atoms with Gasteiger partial charge in [0.2, 0.25) is 0 Å². The van der Waals surface area contributed by atoms with Crippen LogP contribution in [0.15, 0.2) is 0 Å². The van der Waals surface area contributed by atoms with Crippen molar-refractivity contribution in [2.24, 2.45) is 11.8 Å². The fourth-order valence-corrected chi connectivity index (χ4v) is 2.89. The molecule has 0 spiro atoms. The molecule has 4 heteroatoms. The maximum absolute atomic E-state index is 11.5. The first-order valence-corrected chi connectivity index (χ1v) is 4.94. The fourth-order valence-electron chi connectivity index (χ4n) is 2.89. The number of aliphatic hydroxyl groups is 2. The average molecular weight is 200 g/mol. The van der Waals surface area contributed by atoms with E-state index in [0.717, 1.165) is 0 Å². The van der Waals surface area contributed by atoms with Crippen molar-refractivity contribution < 1.29 is 19.7 Å². The maximum atomic E-state index is 11.5. The van der Waals surface area contributed by atoms with Gasteiger partial charge in [-0.1, -0.05) is 6.92 Å². The molecule has 14 heavy (non-hydrogen) atoms. The van der Waals surface area contributed by atoms with Crippen molar-refractivity contribution in [2.45, 2.75) is 44.5 Å². The minimum absolute atomic E-state index is 0.0238. The molecule has 4 nitrogen and oxygen atoms in total. The number of cyclic esters (lactones) is 1. The molecule has 1 aliphatic heterocycles. The third-order valence-electron chi connectivity index (χ3n) is 3.72. The Morgan fingerprint density at radius 3 is 2.57 bits per heavy atom. The number of hydrogen-bond donors (Lipinski definition) is 2. The Kier molecular flexibility index (Phi) is 1.77. The highest BCUT2D eigenvalue weighted by Gasteiger charge is 2.69. The first-order chi connectivity index (χ1) is 6.30. The lowest BCUT2D eigenvalue weighted by molar-refractivity contribution is -0.164. The van der Waals surface area contributed by atoms with Crippen LogP contribution in [0.5, 0.6) is 0 Å². The van der Waals surface area contributed by atoms with Crippen LogP contribution in [-0.2, 0) is 9.53 Å². The summed E-state index contributed by atoms with van der Waals surface area (Å²) in [5, 5.41) is 20.2. The van der Waals surface area contributed by atoms with E-state index in [1.165, 1.54) is 0 Å². The van der Waals surface area contributed by atoms with E-state index in [1.54, 1.807) is 13.8 Å². The molecule has 1 heterocycles. The predicted octanol–water partition coefficient (Wildman–Crippen LogP) is 0.0698. The van der Waals surface area contributed by atoms with Crippen molar-refractivity contribution in [1.29, 1.82) is 0 Å². The van der Waals surface area contributed by atoms with Gasteiger partial charge in [-0.2, -0.15) is 0 Å². The smallest absolute Gasteiger partial charge is 0.313 e. The quantitative estimate of drug-likeness (QED) is 0.543. The van der Waals surface area contributed by atoms with Gasteiger partial charge in [-0.3, -0.25) is 4.79 Å². The average Bonchev–Trinajstić information content (AvgIpc) is 2.32. The molecule has 0 aromatic carbocycles. The lowest BCUT2D eigenvalue weighted by Gasteiger charge is -2.35. The van der Waals surface area contributed by atoms with Crippen molar-refractivity contribution in [2.75, 3.05) is 0 Å². The molecule has 1 saturated carbocycles. The molecule has 0 aromatic rings. The van der Waals surface area contributed by atoms with Crippen molar-refractivity contribution in [3.05, 3.63) is 0 Å². The molecular formula is C10H16O4. The van der Waals surface area contributed by atoms with Crippen molar-refractivity contribution in [3.63, 3.8) is 0 Å². The molecule has 0 radical (unpaired) electrons. The van der Waals surface area contributed by atoms with Crippen LogP contribution in [0.1, 0.15) is 27.2 Å². The summed E-state index contributed by atoms with van der Waals surface area (Å²) < 4.78 is 5.11. The van der Waals surface area contributed by atoms with Crippen LogP contribution < -0.4 is 0 Å². The third-order valence-corrected chi connectivity index (χ3v) is 3.72. The second-order valence-corrected chi connectivity index (χ2v) is 4.96. The number of esters is 1. The van der Waals surface area contributed by atoms with Gasteiger partial charge in [-0.15, -0.1) is 0 Å². The molecule has 1 saturated heterocycles. The van der Waals surface area contributed by atoms with Gasteiger partial charge in [-0.25, -0.2) is 0 Å². The van der Waals surface area contributed by atoms with Crippen LogP contribution in [0.3, 0.4) is 0 Å². The summed E-state index contributed by atoms with van der Waals surface area (Å²) in [4.78, 5) is 11.5. The first-order valence-electron chi connectivity index (χ1n) is 4.94. The van der Waals surface area contributed by atoms with Gasteiger partial charge in [-0.05, 0) is 26.2 Å². The highest BCUT2D eigenvalue weighted by atomic mass is 16.6. The van der Waals surface area contributed by atoms with Gasteiger partial charge in [0.25, 0.3) is 0 Å². The van der Waals surface area contributed by atoms with Gasteiger partial charge < -0.3 is 14.9 Å². The monoisotopic (exact) mass is 200 g/mol. The zero-order chi connectivity index (χ0) is 10.7. The van der Waals surface area contributed by atoms with E-state index in [1.807, 2.05) is 6.92 Å². The van der Waals surface area contributed by atoms with Gasteiger partial charge in [0.15, 0.2) is 0 Å². The highest BCUT2D eigenvalue weighted by Crippen LogP contribution is 2.53. The second kappa shape index (κ2) is 2.49. The van der Waals surface area contributed by atoms with E-state index in [0.29, 0.717) is 6.42 Å². The number of ether oxygens (including phenoxy) is 1. The summed E-state index contributed by atoms with van der Waals surface area (Å²) in [6.07, 6.45) is -0.413. The van der Waals surface area contributed by atoms with Crippen molar-refractivity contribution in [1.82, 2.24) is 0 Å². The van der Waals surface area contributed by atoms with Crippen molar-refractivity contribution in [3.8, 4) is 0 Å². The number of carbonyl (C=O) groups is 1. The van der Waals surface area contributed by atoms with Gasteiger partial charge in [0, 0.05) is 0 Å². The number of rotatable bonds is 0. The highest BCUT2D eigenvalue weighted by molar-refractivity contribution is 5.79. The topological polar surface area (TPSA) is 66.8 Å². The summed E-state index contributed by atoms with van der Waals surface area (Å²) >= 11 is 0. The zero-order valence-corrected chi connectivity index (χ0v) is 8.65. The maximum Gasteiger partial charge on any atom is 0.313 e. The normalized spacial score (nSPS) is 50.4. The molecule has 80 valence electrons. The number of aliphatic hydroxyl groups excluding tert-OH is 1. The van der Waals surface area contributed by atoms with E-state index < -0.39 is 23.2 Å². The molecule has 0 unspecified atom stereocenters. The van der Waals surface area contributed by atoms with Gasteiger partial charge in [0.05, 0.1) is 12.0 Å². The number of fused-ring (bicyclic) bond motifs is 1. The van der Waals surface area contributed by atoms with Crippen molar-refractivity contribution >= 4 is 5.97 Å². The van der Waals surface area contributed by atoms with E-state index in [9.17, 15) is 15.0 Å². The number of hydrogen-bond acceptors (Lipinski definition) is 4. The fraction of sp³-hybridized carbons (Fsp3) is 0.900. The van der Waals surface area contributed by atoms with Crippen LogP contribution in [0.2, 0.25) is 0 Å². The lowest BCUT2D eigenvalue weighted by atomic mass is 9.77. The van der Waals surface area contributed by atoms with Gasteiger partial charge >= 0.3 is 5.97 Å². The SMILES string of the molecule is C[C@@H]1C[C@@H](O)[C@@]2(O)[C@@H]1C(=O)OC2(C)C. The van der Waals surface area contributed by atoms with E-state index in [2.05, 4.69) is 0 Å². The van der Waals surface area contributed by atoms with E-state index >= 15 is 0 Å². The predicted molar refractivity (Wildman–Crippen MR) is 48.4 cm³/mol. The molecule has 1 aliphatic carbocycles. The molecule has 2 N–H and O–H groups in total. The summed E-state index contributed by atoms with van der Waals surface area (Å²) in [5.74, 6) is -0.988. The molecule has 2 fully saturated rings. The molecule has 0 aromatic heterocycles. The van der Waals surface area contributed by atoms with Crippen LogP contribution in [0, 0.1) is 11.8 Å². The third kappa shape index (κ3) is 0.880. The molecule has 0 bridgehead atoms. The Bertz CT molecular complexity index is 286. The summed E-state index contributed by atoms with van der Waals surface area (Å²) in [5.41, 5.74) is -2.40. The standard InChI is InChI=1S/C10H16O4/c1-5-4-6(11)10(13)7(5)8(12)14-9(10,2)3/h5-7,11,13H,4H2,1-3H3/t5-,6-,7+,10-/m1/s1. The van der Waals surface area contributed by atoms with Crippen LogP contribution in [0.4, 0.5) is 0 Å². The number of carbonyl (C=O) groups excluding carboxylic acids is 1. The molecule has 4 atom stereocenters. The zero-order valence-electron chi connectivity index (χ0n) is 8.65. The Hall–Kier alpha value is -0.610. The van der Waals surface area contributed by atoms with E-state index in [4.69, 9.17) is 4.74 Å². The molecule has 2 rings (SSSR count). The lowest BCUT2D eigenvalue weighted by Crippen LogP contribution is -2.55. The van der Waals surface area contributed by atoms with Crippen LogP contribution in [0.25, 0.3) is 0 Å². The van der Waals surface area contributed by atoms with Crippen LogP contribution >= 0.6 is 0 Å². The minimum Gasteiger partial charge on any atom is -0.456 e. The van der Waals surface area contributed by atoms with E-state index in [-0.39, 0.29) is 11.9 Å². The minimum atomic E-state index is -1.41. The molecular weight excluding hydrogens is 184 g/mol. The Morgan fingerprint density at radius 2 is 2.07 bits per heavy atom. The largest absolute Gasteiger partial charge is 0.456 e. The Labute approximate surface area is 82.9 Å². The summed E-state index contributed by atoms with van der Waals surface area (Å²) in [6, 6.07) is 0. The van der Waals surface area contributed by atoms with Gasteiger partial charge in [0.1, 0.15) is 11.2 Å². The summed E-state index contributed by atoms with van der Waals surface area (Å²) in [6.45, 7) is 5.15. The van der Waals surface area contributed by atoms with Crippen LogP contribution in [-0.4, -0.2) is 33.5 Å². The molecule has 0 amide bonds. The Balaban J connectivity index is 2.49. The first kappa shape index (κ1) is 9.93. The second-order valence-electron chi connectivity index (χ2n) is 4.96. The Morgan fingerprint density at radius 1 is 1.50 bits per heavy atom. The molecule has 2 aliphatic rings. The summed E-state index contributed by atoms with van der Waals surface area (Å²) in [7, 11) is 0.